The summed E-state index contributed by atoms with van der Waals surface area (Å²) in [5.74, 6) is 0. The van der Waals surface area contributed by atoms with Gasteiger partial charge in [0.25, 0.3) is 0 Å². The highest BCUT2D eigenvalue weighted by atomic mass is 16.5. The fraction of sp³-hybridized carbons (Fsp3) is 0.600. The largest absolute Gasteiger partial charge is 0.380 e. The van der Waals surface area contributed by atoms with Crippen molar-refractivity contribution in [3.05, 3.63) is 12.8 Å². The third-order valence-corrected chi connectivity index (χ3v) is 0.658. The molecule has 0 amide bonds. The summed E-state index contributed by atoms with van der Waals surface area (Å²) in [4.78, 5) is 0. The summed E-state index contributed by atoms with van der Waals surface area (Å²) in [5.41, 5.74) is 0. The van der Waals surface area contributed by atoms with Crippen LogP contribution in [0.5, 0.6) is 0 Å². The zero-order valence-electron chi connectivity index (χ0n) is 3.53. The average Bonchev–Trinajstić information content (AvgIpc) is 1.72. The average molecular weight is 82.1 g/mol. The molecule has 0 bridgehead atoms. The quantitative estimate of drug-likeness (QED) is 0.415. The minimum atomic E-state index is 0.688. The Balaban J connectivity index is 2.00. The van der Waals surface area contributed by atoms with Gasteiger partial charge in [-0.2, -0.15) is 0 Å². The summed E-state index contributed by atoms with van der Waals surface area (Å²) in [6.45, 7) is 1.38. The molecule has 0 aromatic rings. The van der Waals surface area contributed by atoms with E-state index >= 15 is 0 Å². The van der Waals surface area contributed by atoms with Gasteiger partial charge in [-0.1, -0.05) is 0 Å². The molecular formula is C5H6O. The van der Waals surface area contributed by atoms with E-state index in [2.05, 4.69) is 12.8 Å². The predicted molar refractivity (Wildman–Crippen MR) is 21.9 cm³/mol. The van der Waals surface area contributed by atoms with Crippen LogP contribution in [0, 0.1) is 12.8 Å². The smallest absolute Gasteiger partial charge is 0.0535 e. The van der Waals surface area contributed by atoms with E-state index in [4.69, 9.17) is 4.74 Å². The van der Waals surface area contributed by atoms with Crippen LogP contribution >= 0.6 is 0 Å². The molecule has 1 heteroatoms. The second-order valence-electron chi connectivity index (χ2n) is 1.17. The van der Waals surface area contributed by atoms with E-state index in [1.54, 1.807) is 0 Å². The highest BCUT2D eigenvalue weighted by Crippen LogP contribution is 1.99. The molecule has 1 rings (SSSR count). The van der Waals surface area contributed by atoms with Crippen molar-refractivity contribution in [3.63, 3.8) is 0 Å². The molecule has 1 aliphatic heterocycles. The first kappa shape index (κ1) is 4.13. The van der Waals surface area contributed by atoms with Gasteiger partial charge >= 0.3 is 0 Å². The maximum Gasteiger partial charge on any atom is 0.0535 e. The molecule has 0 aromatic heterocycles. The topological polar surface area (TPSA) is 9.23 Å². The lowest BCUT2D eigenvalue weighted by atomic mass is 10.2. The Labute approximate surface area is 38.3 Å². The molecule has 6 heavy (non-hydrogen) atoms. The fourth-order valence-electron chi connectivity index (χ4n) is 0.386. The Morgan fingerprint density at radius 1 is 1.17 bits per heavy atom. The highest BCUT2D eigenvalue weighted by Gasteiger charge is 1.96. The van der Waals surface area contributed by atoms with Crippen LogP contribution in [0.15, 0.2) is 0 Å². The van der Waals surface area contributed by atoms with Crippen LogP contribution in [0.4, 0.5) is 0 Å². The molecule has 0 atom stereocenters. The molecular weight excluding hydrogens is 76.1 g/mol. The molecule has 1 aliphatic rings. The van der Waals surface area contributed by atoms with Gasteiger partial charge in [-0.3, -0.25) is 0 Å². The zero-order valence-corrected chi connectivity index (χ0v) is 3.53. The lowest BCUT2D eigenvalue weighted by Crippen LogP contribution is -2.04. The summed E-state index contributed by atoms with van der Waals surface area (Å²) in [6, 6.07) is 0. The molecule has 0 N–H and O–H groups in total. The van der Waals surface area contributed by atoms with Crippen molar-refractivity contribution in [1.29, 1.82) is 0 Å². The summed E-state index contributed by atoms with van der Waals surface area (Å²) in [5, 5.41) is 0. The number of hydrogen-bond acceptors (Lipinski definition) is 1. The zero-order chi connectivity index (χ0) is 4.24. The molecule has 0 unspecified atom stereocenters. The molecule has 0 saturated carbocycles. The monoisotopic (exact) mass is 82.0 g/mol. The van der Waals surface area contributed by atoms with E-state index in [0.717, 1.165) is 6.42 Å². The van der Waals surface area contributed by atoms with Crippen LogP contribution in [0.3, 0.4) is 0 Å². The molecule has 4 radical (unpaired) electrons. The van der Waals surface area contributed by atoms with Crippen molar-refractivity contribution in [2.24, 2.45) is 0 Å². The van der Waals surface area contributed by atoms with E-state index < -0.39 is 0 Å². The molecule has 1 fully saturated rings. The lowest BCUT2D eigenvalue weighted by molar-refractivity contribution is 0.156. The summed E-state index contributed by atoms with van der Waals surface area (Å²) < 4.78 is 4.85. The minimum absolute atomic E-state index is 0.688. The van der Waals surface area contributed by atoms with Gasteiger partial charge in [0.15, 0.2) is 0 Å². The summed E-state index contributed by atoms with van der Waals surface area (Å²) in [6.07, 6.45) is 6.78. The Bertz CT molecular complexity index is 19.4. The number of hydrogen-bond donors (Lipinski definition) is 0. The van der Waals surface area contributed by atoms with Crippen LogP contribution in [-0.2, 0) is 4.74 Å². The fourth-order valence-corrected chi connectivity index (χ4v) is 0.386. The molecule has 0 aromatic carbocycles. The Morgan fingerprint density at radius 2 is 1.83 bits per heavy atom. The lowest BCUT2D eigenvalue weighted by Gasteiger charge is -2.06. The van der Waals surface area contributed by atoms with Crippen molar-refractivity contribution in [2.45, 2.75) is 6.42 Å². The van der Waals surface area contributed by atoms with E-state index in [0.29, 0.717) is 13.2 Å². The van der Waals surface area contributed by atoms with Crippen LogP contribution in [0.2, 0.25) is 0 Å². The predicted octanol–water partition coefficient (Wildman–Crippen LogP) is 0.569. The third kappa shape index (κ3) is 0.977. The van der Waals surface area contributed by atoms with Gasteiger partial charge in [0.2, 0.25) is 0 Å². The van der Waals surface area contributed by atoms with Crippen molar-refractivity contribution in [2.75, 3.05) is 13.2 Å². The maximum atomic E-state index is 4.85. The van der Waals surface area contributed by atoms with Gasteiger partial charge in [0, 0.05) is 12.8 Å². The number of rotatable bonds is 0. The van der Waals surface area contributed by atoms with E-state index in [9.17, 15) is 0 Å². The number of ether oxygens (including phenoxy) is 1. The maximum absolute atomic E-state index is 4.85. The summed E-state index contributed by atoms with van der Waals surface area (Å²) >= 11 is 0. The van der Waals surface area contributed by atoms with Crippen LogP contribution < -0.4 is 0 Å². The second kappa shape index (κ2) is 2.19. The van der Waals surface area contributed by atoms with Gasteiger partial charge in [-0.05, 0) is 6.42 Å². The van der Waals surface area contributed by atoms with E-state index in [-0.39, 0.29) is 0 Å². The second-order valence-corrected chi connectivity index (χ2v) is 1.17. The van der Waals surface area contributed by atoms with Crippen molar-refractivity contribution < 1.29 is 4.74 Å². The Kier molecular flexibility index (Phi) is 1.51. The van der Waals surface area contributed by atoms with Gasteiger partial charge in [-0.25, -0.2) is 0 Å². The highest BCUT2D eigenvalue weighted by molar-refractivity contribution is 4.79. The molecule has 1 saturated heterocycles. The van der Waals surface area contributed by atoms with Crippen LogP contribution in [0.1, 0.15) is 6.42 Å². The first-order chi connectivity index (χ1) is 3.00. The molecule has 32 valence electrons. The molecule has 1 nitrogen and oxygen atoms in total. The van der Waals surface area contributed by atoms with E-state index in [1.807, 2.05) is 0 Å². The van der Waals surface area contributed by atoms with Crippen LogP contribution in [-0.4, -0.2) is 13.2 Å². The first-order valence-electron chi connectivity index (χ1n) is 1.99. The van der Waals surface area contributed by atoms with Gasteiger partial charge in [0.1, 0.15) is 0 Å². The first-order valence-corrected chi connectivity index (χ1v) is 1.99. The Hall–Kier alpha value is -0.0400. The van der Waals surface area contributed by atoms with Gasteiger partial charge in [0.05, 0.1) is 13.2 Å². The van der Waals surface area contributed by atoms with Crippen LogP contribution in [0.25, 0.3) is 0 Å². The van der Waals surface area contributed by atoms with Crippen molar-refractivity contribution >= 4 is 0 Å². The normalized spacial score (nSPS) is 24.0. The molecule has 0 aliphatic carbocycles. The standard InChI is InChI=1S/C5H6O/c1-2-4-6-5-3-1/h1,4-5H2. The van der Waals surface area contributed by atoms with Gasteiger partial charge < -0.3 is 4.74 Å². The SMILES string of the molecule is [C]1C[C]COC1. The van der Waals surface area contributed by atoms with Crippen molar-refractivity contribution in [3.8, 4) is 0 Å². The third-order valence-electron chi connectivity index (χ3n) is 0.658. The molecule has 0 spiro atoms. The minimum Gasteiger partial charge on any atom is -0.380 e. The Morgan fingerprint density at radius 3 is 2.00 bits per heavy atom. The van der Waals surface area contributed by atoms with E-state index in [1.165, 1.54) is 0 Å². The van der Waals surface area contributed by atoms with Crippen molar-refractivity contribution in [1.82, 2.24) is 0 Å². The molecule has 1 heterocycles. The summed E-state index contributed by atoms with van der Waals surface area (Å²) in [7, 11) is 0. The van der Waals surface area contributed by atoms with Gasteiger partial charge in [-0.15, -0.1) is 0 Å².